The van der Waals surface area contributed by atoms with E-state index in [1.54, 1.807) is 29.3 Å². The molecule has 4 aromatic rings. The topological polar surface area (TPSA) is 106 Å². The maximum Gasteiger partial charge on any atom is 0.300 e. The molecule has 34 heavy (non-hydrogen) atoms. The number of amides is 1. The third kappa shape index (κ3) is 4.21. The lowest BCUT2D eigenvalue weighted by molar-refractivity contribution is 0.0744. The molecular formula is C23H25ClN8O2. The van der Waals surface area contributed by atoms with Gasteiger partial charge in [0.2, 0.25) is 5.65 Å². The molecule has 5 rings (SSSR count). The molecule has 5 heterocycles. The number of halogens is 1. The smallest absolute Gasteiger partial charge is 0.300 e. The van der Waals surface area contributed by atoms with Gasteiger partial charge < -0.3 is 14.2 Å². The van der Waals surface area contributed by atoms with Crippen molar-refractivity contribution in [2.24, 2.45) is 0 Å². The summed E-state index contributed by atoms with van der Waals surface area (Å²) in [6, 6.07) is 5.76. The van der Waals surface area contributed by atoms with Gasteiger partial charge in [0, 0.05) is 37.8 Å². The molecular weight excluding hydrogens is 456 g/mol. The molecule has 0 aromatic carbocycles. The summed E-state index contributed by atoms with van der Waals surface area (Å²) in [6.45, 7) is 10.4. The Morgan fingerprint density at radius 3 is 2.53 bits per heavy atom. The summed E-state index contributed by atoms with van der Waals surface area (Å²) < 4.78 is 7.46. The van der Waals surface area contributed by atoms with E-state index in [-0.39, 0.29) is 11.3 Å². The zero-order chi connectivity index (χ0) is 24.0. The quantitative estimate of drug-likeness (QED) is 0.410. The first kappa shape index (κ1) is 22.3. The number of carbonyl (C=O) groups excluding carboxylic acids is 1. The van der Waals surface area contributed by atoms with Gasteiger partial charge in [0.1, 0.15) is 11.5 Å². The van der Waals surface area contributed by atoms with Crippen molar-refractivity contribution in [3.8, 4) is 5.82 Å². The minimum Gasteiger partial charge on any atom is -0.422 e. The van der Waals surface area contributed by atoms with Gasteiger partial charge in [-0.2, -0.15) is 4.98 Å². The van der Waals surface area contributed by atoms with E-state index in [0.717, 1.165) is 11.4 Å². The van der Waals surface area contributed by atoms with Crippen LogP contribution in [0.5, 0.6) is 0 Å². The van der Waals surface area contributed by atoms with Crippen LogP contribution in [-0.2, 0) is 5.41 Å². The lowest BCUT2D eigenvalue weighted by atomic mass is 9.96. The Morgan fingerprint density at radius 1 is 1.09 bits per heavy atom. The van der Waals surface area contributed by atoms with Gasteiger partial charge in [-0.3, -0.25) is 4.79 Å². The van der Waals surface area contributed by atoms with E-state index < -0.39 is 0 Å². The molecule has 0 aliphatic carbocycles. The zero-order valence-electron chi connectivity index (χ0n) is 19.5. The van der Waals surface area contributed by atoms with Crippen LogP contribution in [-0.4, -0.2) is 66.7 Å². The van der Waals surface area contributed by atoms with Crippen LogP contribution >= 0.6 is 11.6 Å². The van der Waals surface area contributed by atoms with E-state index in [2.05, 4.69) is 45.8 Å². The van der Waals surface area contributed by atoms with Gasteiger partial charge >= 0.3 is 0 Å². The number of rotatable bonds is 3. The Labute approximate surface area is 201 Å². The summed E-state index contributed by atoms with van der Waals surface area (Å²) in [7, 11) is 0. The zero-order valence-corrected chi connectivity index (χ0v) is 20.2. The monoisotopic (exact) mass is 480 g/mol. The van der Waals surface area contributed by atoms with Crippen molar-refractivity contribution in [2.75, 3.05) is 31.1 Å². The number of aromatic nitrogens is 6. The first-order chi connectivity index (χ1) is 16.2. The van der Waals surface area contributed by atoms with E-state index >= 15 is 0 Å². The number of hydrogen-bond donors (Lipinski definition) is 0. The molecule has 0 saturated carbocycles. The number of nitrogens with zero attached hydrogens (tertiary/aromatic N) is 8. The maximum absolute atomic E-state index is 13.1. The molecule has 1 fully saturated rings. The Kier molecular flexibility index (Phi) is 5.47. The maximum atomic E-state index is 13.1. The normalized spacial score (nSPS) is 14.7. The molecule has 0 N–H and O–H groups in total. The number of pyridine rings is 2. The van der Waals surface area contributed by atoms with E-state index in [0.29, 0.717) is 60.0 Å². The second-order valence-corrected chi connectivity index (χ2v) is 9.75. The molecule has 0 radical (unpaired) electrons. The predicted octanol–water partition coefficient (Wildman–Crippen LogP) is 3.42. The van der Waals surface area contributed by atoms with Gasteiger partial charge in [0.25, 0.3) is 11.9 Å². The van der Waals surface area contributed by atoms with Crippen LogP contribution in [0.1, 0.15) is 42.5 Å². The summed E-state index contributed by atoms with van der Waals surface area (Å²) in [5.41, 5.74) is 2.31. The van der Waals surface area contributed by atoms with Crippen molar-refractivity contribution < 1.29 is 9.21 Å². The largest absolute Gasteiger partial charge is 0.422 e. The molecule has 1 saturated heterocycles. The molecule has 0 atom stereocenters. The lowest BCUT2D eigenvalue weighted by Crippen LogP contribution is -2.49. The number of anilines is 1. The van der Waals surface area contributed by atoms with Crippen LogP contribution in [0.3, 0.4) is 0 Å². The Hall–Kier alpha value is -3.53. The van der Waals surface area contributed by atoms with Crippen molar-refractivity contribution in [1.82, 2.24) is 34.6 Å². The molecule has 176 valence electrons. The molecule has 10 nitrogen and oxygen atoms in total. The molecule has 0 unspecified atom stereocenters. The number of fused-ring (bicyclic) bond motifs is 1. The lowest BCUT2D eigenvalue weighted by Gasteiger charge is -2.33. The fourth-order valence-electron chi connectivity index (χ4n) is 3.84. The van der Waals surface area contributed by atoms with Crippen molar-refractivity contribution in [1.29, 1.82) is 0 Å². The Bertz CT molecular complexity index is 1370. The highest BCUT2D eigenvalue weighted by Crippen LogP contribution is 2.24. The second kappa shape index (κ2) is 8.35. The number of aryl methyl sites for hydroxylation is 1. The van der Waals surface area contributed by atoms with Crippen LogP contribution in [0.4, 0.5) is 6.01 Å². The van der Waals surface area contributed by atoms with E-state index in [1.165, 1.54) is 0 Å². The van der Waals surface area contributed by atoms with Crippen molar-refractivity contribution >= 4 is 34.8 Å². The fourth-order valence-corrected chi connectivity index (χ4v) is 3.98. The SMILES string of the molecule is Cc1cc(C(=O)N2CCN(c3nc4nc(Cl)ccc4o3)CC2)cnc1-n1cnc(C(C)(C)C)n1. The van der Waals surface area contributed by atoms with E-state index in [1.807, 2.05) is 22.8 Å². The molecule has 4 aromatic heterocycles. The summed E-state index contributed by atoms with van der Waals surface area (Å²) in [5, 5.41) is 4.92. The van der Waals surface area contributed by atoms with Crippen LogP contribution in [0.15, 0.2) is 35.1 Å². The van der Waals surface area contributed by atoms with E-state index in [4.69, 9.17) is 16.0 Å². The van der Waals surface area contributed by atoms with Gasteiger partial charge in [-0.25, -0.2) is 19.6 Å². The van der Waals surface area contributed by atoms with Gasteiger partial charge in [-0.05, 0) is 30.7 Å². The van der Waals surface area contributed by atoms with Crippen LogP contribution in [0, 0.1) is 6.92 Å². The minimum atomic E-state index is -0.154. The third-order valence-corrected chi connectivity index (χ3v) is 5.93. The number of oxazole rings is 1. The average molecular weight is 481 g/mol. The van der Waals surface area contributed by atoms with Crippen LogP contribution < -0.4 is 4.90 Å². The molecule has 0 bridgehead atoms. The van der Waals surface area contributed by atoms with E-state index in [9.17, 15) is 4.79 Å². The molecule has 1 amide bonds. The highest BCUT2D eigenvalue weighted by Gasteiger charge is 2.26. The summed E-state index contributed by atoms with van der Waals surface area (Å²) in [4.78, 5) is 34.5. The number of carbonyl (C=O) groups is 1. The van der Waals surface area contributed by atoms with Crippen LogP contribution in [0.2, 0.25) is 5.15 Å². The summed E-state index contributed by atoms with van der Waals surface area (Å²) in [6.07, 6.45) is 3.26. The summed E-state index contributed by atoms with van der Waals surface area (Å²) in [5.74, 6) is 1.35. The number of hydrogen-bond acceptors (Lipinski definition) is 8. The molecule has 1 aliphatic heterocycles. The first-order valence-electron chi connectivity index (χ1n) is 11.1. The number of piperazine rings is 1. The van der Waals surface area contributed by atoms with Gasteiger partial charge in [0.15, 0.2) is 17.2 Å². The third-order valence-electron chi connectivity index (χ3n) is 5.72. The summed E-state index contributed by atoms with van der Waals surface area (Å²) >= 11 is 5.94. The first-order valence-corrected chi connectivity index (χ1v) is 11.4. The van der Waals surface area contributed by atoms with Crippen molar-refractivity contribution in [3.63, 3.8) is 0 Å². The van der Waals surface area contributed by atoms with Gasteiger partial charge in [0.05, 0.1) is 5.56 Å². The highest BCUT2D eigenvalue weighted by atomic mass is 35.5. The van der Waals surface area contributed by atoms with Gasteiger partial charge in [-0.15, -0.1) is 5.10 Å². The van der Waals surface area contributed by atoms with Crippen LogP contribution in [0.25, 0.3) is 17.0 Å². The molecule has 1 aliphatic rings. The Morgan fingerprint density at radius 2 is 1.85 bits per heavy atom. The van der Waals surface area contributed by atoms with Gasteiger partial charge in [-0.1, -0.05) is 32.4 Å². The predicted molar refractivity (Wildman–Crippen MR) is 128 cm³/mol. The fraction of sp³-hybridized carbons (Fsp3) is 0.391. The van der Waals surface area contributed by atoms with Crippen molar-refractivity contribution in [3.05, 3.63) is 52.8 Å². The average Bonchev–Trinajstić information content (AvgIpc) is 3.46. The highest BCUT2D eigenvalue weighted by molar-refractivity contribution is 6.29. The standard InChI is InChI=1S/C23H25ClN8O2/c1-14-11-15(12-25-19(14)32-13-26-21(29-32)23(2,3)4)20(33)30-7-9-31(10-8-30)22-28-18-16(34-22)5-6-17(24)27-18/h5-6,11-13H,7-10H2,1-4H3. The molecule has 0 spiro atoms. The minimum absolute atomic E-state index is 0.0539. The second-order valence-electron chi connectivity index (χ2n) is 9.36. The Balaban J connectivity index is 1.27. The molecule has 11 heteroatoms. The van der Waals surface area contributed by atoms with Crippen molar-refractivity contribution in [2.45, 2.75) is 33.1 Å².